The van der Waals surface area contributed by atoms with Gasteiger partial charge < -0.3 is 9.88 Å². The van der Waals surface area contributed by atoms with Gasteiger partial charge in [-0.15, -0.1) is 21.5 Å². The molecular formula is C17H14ClN5OS2. The zero-order chi connectivity index (χ0) is 18.5. The van der Waals surface area contributed by atoms with E-state index in [1.165, 1.54) is 23.1 Å². The Hall–Kier alpha value is -2.34. The molecule has 0 spiro atoms. The van der Waals surface area contributed by atoms with Gasteiger partial charge in [-0.2, -0.15) is 5.26 Å². The van der Waals surface area contributed by atoms with Crippen molar-refractivity contribution >= 4 is 45.6 Å². The summed E-state index contributed by atoms with van der Waals surface area (Å²) in [7, 11) is 1.87. The lowest BCUT2D eigenvalue weighted by atomic mass is 10.1. The summed E-state index contributed by atoms with van der Waals surface area (Å²) in [5, 5.41) is 23.8. The van der Waals surface area contributed by atoms with Gasteiger partial charge in [-0.05, 0) is 29.1 Å². The minimum Gasteiger partial charge on any atom is -0.316 e. The second-order valence-electron chi connectivity index (χ2n) is 5.37. The van der Waals surface area contributed by atoms with E-state index >= 15 is 0 Å². The highest BCUT2D eigenvalue weighted by molar-refractivity contribution is 7.99. The highest BCUT2D eigenvalue weighted by Crippen LogP contribution is 2.23. The predicted molar refractivity (Wildman–Crippen MR) is 104 cm³/mol. The second kappa shape index (κ2) is 8.36. The highest BCUT2D eigenvalue weighted by atomic mass is 35.5. The molecule has 1 aromatic carbocycles. The molecular weight excluding hydrogens is 390 g/mol. The quantitative estimate of drug-likeness (QED) is 0.634. The van der Waals surface area contributed by atoms with Crippen molar-refractivity contribution in [1.82, 2.24) is 14.8 Å². The summed E-state index contributed by atoms with van der Waals surface area (Å²) in [5.74, 6) is 0.812. The molecule has 0 aliphatic carbocycles. The number of hydrogen-bond acceptors (Lipinski definition) is 6. The summed E-state index contributed by atoms with van der Waals surface area (Å²) < 4.78 is 1.87. The Labute approximate surface area is 163 Å². The highest BCUT2D eigenvalue weighted by Gasteiger charge is 2.13. The Morgan fingerprint density at radius 3 is 2.85 bits per heavy atom. The third-order valence-corrected chi connectivity index (χ3v) is 5.67. The number of nitrogens with zero attached hydrogens (tertiary/aromatic N) is 4. The number of thiophene rings is 1. The molecule has 0 aliphatic rings. The van der Waals surface area contributed by atoms with E-state index in [1.807, 2.05) is 41.9 Å². The third-order valence-electron chi connectivity index (χ3n) is 3.57. The van der Waals surface area contributed by atoms with Crippen LogP contribution in [0.1, 0.15) is 17.0 Å². The van der Waals surface area contributed by atoms with Crippen molar-refractivity contribution in [3.05, 3.63) is 57.7 Å². The van der Waals surface area contributed by atoms with E-state index in [2.05, 4.69) is 15.5 Å². The van der Waals surface area contributed by atoms with E-state index < -0.39 is 0 Å². The van der Waals surface area contributed by atoms with Crippen LogP contribution >= 0.6 is 34.7 Å². The van der Waals surface area contributed by atoms with Gasteiger partial charge in [0, 0.05) is 18.5 Å². The van der Waals surface area contributed by atoms with Crippen LogP contribution < -0.4 is 5.32 Å². The lowest BCUT2D eigenvalue weighted by Gasteiger charge is -2.05. The number of nitriles is 1. The largest absolute Gasteiger partial charge is 0.316 e. The molecule has 3 rings (SSSR count). The Balaban J connectivity index is 1.59. The molecule has 0 bridgehead atoms. The molecule has 0 atom stereocenters. The van der Waals surface area contributed by atoms with Gasteiger partial charge >= 0.3 is 0 Å². The van der Waals surface area contributed by atoms with Crippen LogP contribution in [0.2, 0.25) is 5.02 Å². The number of thioether (sulfide) groups is 1. The zero-order valence-electron chi connectivity index (χ0n) is 13.8. The predicted octanol–water partition coefficient (Wildman–Crippen LogP) is 3.72. The van der Waals surface area contributed by atoms with Crippen LogP contribution in [-0.2, 0) is 18.3 Å². The molecule has 1 amide bonds. The molecule has 2 aromatic heterocycles. The van der Waals surface area contributed by atoms with E-state index in [9.17, 15) is 4.79 Å². The summed E-state index contributed by atoms with van der Waals surface area (Å²) in [6.45, 7) is 0. The first-order valence-electron chi connectivity index (χ1n) is 7.60. The molecule has 3 aromatic rings. The van der Waals surface area contributed by atoms with Crippen molar-refractivity contribution in [2.45, 2.75) is 11.6 Å². The Kier molecular flexibility index (Phi) is 5.93. The zero-order valence-corrected chi connectivity index (χ0v) is 16.2. The summed E-state index contributed by atoms with van der Waals surface area (Å²) in [4.78, 5) is 12.1. The number of amides is 1. The van der Waals surface area contributed by atoms with Gasteiger partial charge in [0.1, 0.15) is 16.9 Å². The van der Waals surface area contributed by atoms with Crippen molar-refractivity contribution in [3.8, 4) is 6.07 Å². The molecule has 0 unspecified atom stereocenters. The van der Waals surface area contributed by atoms with Gasteiger partial charge in [-0.25, -0.2) is 0 Å². The van der Waals surface area contributed by atoms with Gasteiger partial charge in [0.25, 0.3) is 0 Å². The monoisotopic (exact) mass is 403 g/mol. The standard InChI is InChI=1S/C17H14ClN5OS2/c1-23-14(8-11-2-4-13(18)5-3-11)21-22-17(23)26-10-15(24)20-16-12(9-19)6-7-25-16/h2-7H,8,10H2,1H3,(H,20,24). The number of rotatable bonds is 6. The fraction of sp³-hybridized carbons (Fsp3) is 0.176. The summed E-state index contributed by atoms with van der Waals surface area (Å²) in [6.07, 6.45) is 0.633. The van der Waals surface area contributed by atoms with Gasteiger partial charge in [0.15, 0.2) is 5.16 Å². The average molecular weight is 404 g/mol. The fourth-order valence-electron chi connectivity index (χ4n) is 2.20. The maximum Gasteiger partial charge on any atom is 0.235 e. The molecule has 6 nitrogen and oxygen atoms in total. The molecule has 0 fully saturated rings. The first-order chi connectivity index (χ1) is 12.6. The molecule has 0 aliphatic heterocycles. The van der Waals surface area contributed by atoms with Crippen molar-refractivity contribution in [2.24, 2.45) is 7.05 Å². The summed E-state index contributed by atoms with van der Waals surface area (Å²) in [5.41, 5.74) is 1.55. The van der Waals surface area contributed by atoms with Gasteiger partial charge in [-0.1, -0.05) is 35.5 Å². The molecule has 132 valence electrons. The summed E-state index contributed by atoms with van der Waals surface area (Å²) in [6, 6.07) is 11.3. The number of carbonyl (C=O) groups is 1. The van der Waals surface area contributed by atoms with E-state index in [4.69, 9.17) is 16.9 Å². The molecule has 0 saturated carbocycles. The number of benzene rings is 1. The first kappa shape index (κ1) is 18.5. The SMILES string of the molecule is Cn1c(Cc2ccc(Cl)cc2)nnc1SCC(=O)Nc1sccc1C#N. The van der Waals surface area contributed by atoms with Gasteiger partial charge in [0.2, 0.25) is 5.91 Å². The topological polar surface area (TPSA) is 83.6 Å². The van der Waals surface area contributed by atoms with Crippen LogP contribution in [-0.4, -0.2) is 26.4 Å². The maximum atomic E-state index is 12.1. The molecule has 0 radical (unpaired) electrons. The second-order valence-corrected chi connectivity index (χ2v) is 7.67. The van der Waals surface area contributed by atoms with Gasteiger partial charge in [0.05, 0.1) is 11.3 Å². The average Bonchev–Trinajstić information content (AvgIpc) is 3.22. The smallest absolute Gasteiger partial charge is 0.235 e. The van der Waals surface area contributed by atoms with Crippen LogP contribution in [0.3, 0.4) is 0 Å². The molecule has 26 heavy (non-hydrogen) atoms. The van der Waals surface area contributed by atoms with Gasteiger partial charge in [-0.3, -0.25) is 4.79 Å². The maximum absolute atomic E-state index is 12.1. The molecule has 1 N–H and O–H groups in total. The van der Waals surface area contributed by atoms with E-state index in [-0.39, 0.29) is 11.7 Å². The molecule has 2 heterocycles. The van der Waals surface area contributed by atoms with E-state index in [0.717, 1.165) is 11.4 Å². The number of aromatic nitrogens is 3. The van der Waals surface area contributed by atoms with Crippen molar-refractivity contribution in [3.63, 3.8) is 0 Å². The minimum absolute atomic E-state index is 0.184. The third kappa shape index (κ3) is 4.43. The molecule has 9 heteroatoms. The fourth-order valence-corrected chi connectivity index (χ4v) is 3.81. The Morgan fingerprint density at radius 2 is 2.12 bits per heavy atom. The Morgan fingerprint density at radius 1 is 1.35 bits per heavy atom. The first-order valence-corrected chi connectivity index (χ1v) is 9.84. The van der Waals surface area contributed by atoms with Crippen molar-refractivity contribution in [2.75, 3.05) is 11.1 Å². The van der Waals surface area contributed by atoms with E-state index in [0.29, 0.717) is 27.2 Å². The number of anilines is 1. The lowest BCUT2D eigenvalue weighted by Crippen LogP contribution is -2.14. The van der Waals surface area contributed by atoms with Crippen LogP contribution in [0.25, 0.3) is 0 Å². The molecule has 0 saturated heterocycles. The van der Waals surface area contributed by atoms with Crippen molar-refractivity contribution < 1.29 is 4.79 Å². The van der Waals surface area contributed by atoms with E-state index in [1.54, 1.807) is 11.4 Å². The van der Waals surface area contributed by atoms with Crippen molar-refractivity contribution in [1.29, 1.82) is 5.26 Å². The minimum atomic E-state index is -0.184. The van der Waals surface area contributed by atoms with Crippen LogP contribution in [0.4, 0.5) is 5.00 Å². The number of hydrogen-bond donors (Lipinski definition) is 1. The lowest BCUT2D eigenvalue weighted by molar-refractivity contribution is -0.113. The number of halogens is 1. The normalized spacial score (nSPS) is 10.5. The van der Waals surface area contributed by atoms with Crippen LogP contribution in [0.5, 0.6) is 0 Å². The number of nitrogens with one attached hydrogen (secondary N) is 1. The van der Waals surface area contributed by atoms with Crippen LogP contribution in [0, 0.1) is 11.3 Å². The van der Waals surface area contributed by atoms with Crippen LogP contribution in [0.15, 0.2) is 40.9 Å². The Bertz CT molecular complexity index is 958. The summed E-state index contributed by atoms with van der Waals surface area (Å²) >= 11 is 8.53. The number of carbonyl (C=O) groups excluding carboxylic acids is 1.